The first-order valence-electron chi connectivity index (χ1n) is 8.57. The van der Waals surface area contributed by atoms with Crippen LogP contribution in [0, 0.1) is 20.8 Å². The second-order valence-electron chi connectivity index (χ2n) is 6.41. The Morgan fingerprint density at radius 2 is 1.64 bits per heavy atom. The van der Waals surface area contributed by atoms with Gasteiger partial charge in [0.05, 0.1) is 0 Å². The van der Waals surface area contributed by atoms with Gasteiger partial charge in [-0.1, -0.05) is 42.8 Å². The zero-order chi connectivity index (χ0) is 18.6. The molecule has 0 spiro atoms. The molecular weight excluding hydrogens is 312 g/mol. The highest BCUT2D eigenvalue weighted by Gasteiger charge is 2.19. The third kappa shape index (κ3) is 4.47. The van der Waals surface area contributed by atoms with Gasteiger partial charge in [0.1, 0.15) is 6.54 Å². The minimum absolute atomic E-state index is 0.000890. The number of anilines is 2. The van der Waals surface area contributed by atoms with Gasteiger partial charge in [-0.2, -0.15) is 0 Å². The Balaban J connectivity index is 2.23. The van der Waals surface area contributed by atoms with Crippen molar-refractivity contribution in [1.82, 2.24) is 0 Å². The molecule has 0 unspecified atom stereocenters. The molecule has 1 N–H and O–H groups in total. The molecule has 2 amide bonds. The molecule has 0 saturated carbocycles. The number of hydrogen-bond acceptors (Lipinski definition) is 2. The predicted molar refractivity (Wildman–Crippen MR) is 103 cm³/mol. The fraction of sp³-hybridized carbons (Fsp3) is 0.333. The second-order valence-corrected chi connectivity index (χ2v) is 6.41. The molecule has 4 nitrogen and oxygen atoms in total. The van der Waals surface area contributed by atoms with Crippen molar-refractivity contribution in [1.29, 1.82) is 0 Å². The van der Waals surface area contributed by atoms with E-state index < -0.39 is 0 Å². The number of nitrogens with zero attached hydrogens (tertiary/aromatic N) is 1. The average Bonchev–Trinajstić information content (AvgIpc) is 2.55. The molecule has 0 radical (unpaired) electrons. The number of nitrogens with one attached hydrogen (secondary N) is 1. The van der Waals surface area contributed by atoms with E-state index in [0.29, 0.717) is 0 Å². The molecule has 0 aliphatic heterocycles. The van der Waals surface area contributed by atoms with E-state index in [-0.39, 0.29) is 18.4 Å². The summed E-state index contributed by atoms with van der Waals surface area (Å²) < 4.78 is 0. The number of aryl methyl sites for hydroxylation is 4. The molecular formula is C21H26N2O2. The molecule has 0 aliphatic carbocycles. The van der Waals surface area contributed by atoms with Gasteiger partial charge >= 0.3 is 0 Å². The summed E-state index contributed by atoms with van der Waals surface area (Å²) in [5, 5.41) is 2.97. The largest absolute Gasteiger partial charge is 0.324 e. The van der Waals surface area contributed by atoms with Crippen LogP contribution in [-0.4, -0.2) is 18.4 Å². The lowest BCUT2D eigenvalue weighted by Crippen LogP contribution is -2.37. The van der Waals surface area contributed by atoms with Crippen molar-refractivity contribution in [2.75, 3.05) is 16.8 Å². The highest BCUT2D eigenvalue weighted by atomic mass is 16.2. The summed E-state index contributed by atoms with van der Waals surface area (Å²) in [6.07, 6.45) is 0.803. The molecule has 2 aromatic carbocycles. The van der Waals surface area contributed by atoms with E-state index in [2.05, 4.69) is 5.32 Å². The van der Waals surface area contributed by atoms with Crippen molar-refractivity contribution in [2.24, 2.45) is 0 Å². The summed E-state index contributed by atoms with van der Waals surface area (Å²) in [6, 6.07) is 11.8. The standard InChI is InChI=1S/C21H26N2O2/c1-6-18-9-7-8-10-19(18)23(17(5)24)13-20(25)22-21-15(3)11-14(2)12-16(21)4/h7-12H,6,13H2,1-5H3,(H,22,25). The summed E-state index contributed by atoms with van der Waals surface area (Å²) in [7, 11) is 0. The van der Waals surface area contributed by atoms with Crippen molar-refractivity contribution in [3.05, 3.63) is 58.7 Å². The first-order chi connectivity index (χ1) is 11.8. The summed E-state index contributed by atoms with van der Waals surface area (Å²) in [5.74, 6) is -0.343. The van der Waals surface area contributed by atoms with Crippen molar-refractivity contribution in [3.8, 4) is 0 Å². The lowest BCUT2D eigenvalue weighted by molar-refractivity contribution is -0.120. The number of amides is 2. The Bertz CT molecular complexity index is 773. The van der Waals surface area contributed by atoms with Crippen LogP contribution < -0.4 is 10.2 Å². The van der Waals surface area contributed by atoms with Gasteiger partial charge in [-0.15, -0.1) is 0 Å². The molecule has 2 rings (SSSR count). The maximum atomic E-state index is 12.6. The topological polar surface area (TPSA) is 49.4 Å². The lowest BCUT2D eigenvalue weighted by Gasteiger charge is -2.24. The van der Waals surface area contributed by atoms with E-state index in [0.717, 1.165) is 40.0 Å². The van der Waals surface area contributed by atoms with Crippen LogP contribution in [0.1, 0.15) is 36.1 Å². The average molecular weight is 338 g/mol. The highest BCUT2D eigenvalue weighted by molar-refractivity contribution is 6.02. The van der Waals surface area contributed by atoms with E-state index >= 15 is 0 Å². The Morgan fingerprint density at radius 1 is 1.04 bits per heavy atom. The van der Waals surface area contributed by atoms with E-state index in [4.69, 9.17) is 0 Å². The number of carbonyl (C=O) groups excluding carboxylic acids is 2. The van der Waals surface area contributed by atoms with Gasteiger partial charge in [0, 0.05) is 18.3 Å². The first-order valence-corrected chi connectivity index (χ1v) is 8.57. The van der Waals surface area contributed by atoms with Crippen LogP contribution in [0.2, 0.25) is 0 Å². The van der Waals surface area contributed by atoms with Gasteiger partial charge in [0.15, 0.2) is 0 Å². The van der Waals surface area contributed by atoms with Crippen LogP contribution in [0.3, 0.4) is 0 Å². The summed E-state index contributed by atoms with van der Waals surface area (Å²) in [5.41, 5.74) is 5.87. The van der Waals surface area contributed by atoms with Gasteiger partial charge < -0.3 is 10.2 Å². The lowest BCUT2D eigenvalue weighted by atomic mass is 10.1. The van der Waals surface area contributed by atoms with Crippen molar-refractivity contribution < 1.29 is 9.59 Å². The predicted octanol–water partition coefficient (Wildman–Crippen LogP) is 4.17. The van der Waals surface area contributed by atoms with Crippen LogP contribution in [0.4, 0.5) is 11.4 Å². The van der Waals surface area contributed by atoms with E-state index in [1.54, 1.807) is 0 Å². The van der Waals surface area contributed by atoms with Crippen molar-refractivity contribution in [2.45, 2.75) is 41.0 Å². The van der Waals surface area contributed by atoms with Crippen molar-refractivity contribution in [3.63, 3.8) is 0 Å². The maximum Gasteiger partial charge on any atom is 0.244 e. The quantitative estimate of drug-likeness (QED) is 0.889. The first kappa shape index (κ1) is 18.7. The number of carbonyl (C=O) groups is 2. The van der Waals surface area contributed by atoms with Crippen LogP contribution in [0.15, 0.2) is 36.4 Å². The molecule has 0 aliphatic rings. The monoisotopic (exact) mass is 338 g/mol. The smallest absolute Gasteiger partial charge is 0.244 e. The third-order valence-corrected chi connectivity index (χ3v) is 4.29. The van der Waals surface area contributed by atoms with Crippen LogP contribution >= 0.6 is 0 Å². The maximum absolute atomic E-state index is 12.6. The number of hydrogen-bond donors (Lipinski definition) is 1. The SMILES string of the molecule is CCc1ccccc1N(CC(=O)Nc1c(C)cc(C)cc1C)C(C)=O. The molecule has 0 atom stereocenters. The summed E-state index contributed by atoms with van der Waals surface area (Å²) >= 11 is 0. The van der Waals surface area contributed by atoms with Gasteiger partial charge in [0.2, 0.25) is 11.8 Å². The Hall–Kier alpha value is -2.62. The molecule has 0 bridgehead atoms. The molecule has 132 valence electrons. The van der Waals surface area contributed by atoms with Gasteiger partial charge in [-0.05, 0) is 49.9 Å². The van der Waals surface area contributed by atoms with Crippen LogP contribution in [0.25, 0.3) is 0 Å². The Morgan fingerprint density at radius 3 is 2.20 bits per heavy atom. The van der Waals surface area contributed by atoms with E-state index in [1.165, 1.54) is 11.8 Å². The molecule has 25 heavy (non-hydrogen) atoms. The normalized spacial score (nSPS) is 10.4. The molecule has 0 fully saturated rings. The number of para-hydroxylation sites is 1. The zero-order valence-electron chi connectivity index (χ0n) is 15.6. The van der Waals surface area contributed by atoms with E-state index in [9.17, 15) is 9.59 Å². The fourth-order valence-electron chi connectivity index (χ4n) is 3.14. The molecule has 0 saturated heterocycles. The van der Waals surface area contributed by atoms with Crippen LogP contribution in [0.5, 0.6) is 0 Å². The zero-order valence-corrected chi connectivity index (χ0v) is 15.6. The summed E-state index contributed by atoms with van der Waals surface area (Å²) in [4.78, 5) is 26.2. The van der Waals surface area contributed by atoms with Crippen molar-refractivity contribution >= 4 is 23.2 Å². The van der Waals surface area contributed by atoms with Gasteiger partial charge in [-0.25, -0.2) is 0 Å². The molecule has 4 heteroatoms. The number of benzene rings is 2. The van der Waals surface area contributed by atoms with E-state index in [1.807, 2.05) is 64.1 Å². The van der Waals surface area contributed by atoms with Gasteiger partial charge in [0.25, 0.3) is 0 Å². The van der Waals surface area contributed by atoms with Gasteiger partial charge in [-0.3, -0.25) is 9.59 Å². The fourth-order valence-corrected chi connectivity index (χ4v) is 3.14. The minimum Gasteiger partial charge on any atom is -0.324 e. The summed E-state index contributed by atoms with van der Waals surface area (Å²) in [6.45, 7) is 9.51. The molecule has 2 aromatic rings. The minimum atomic E-state index is -0.198. The Kier molecular flexibility index (Phi) is 5.97. The molecule has 0 heterocycles. The number of rotatable bonds is 5. The molecule has 0 aromatic heterocycles. The third-order valence-electron chi connectivity index (χ3n) is 4.29. The Labute approximate surface area is 149 Å². The van der Waals surface area contributed by atoms with Crippen LogP contribution in [-0.2, 0) is 16.0 Å². The second kappa shape index (κ2) is 7.97. The highest BCUT2D eigenvalue weighted by Crippen LogP contribution is 2.23.